The van der Waals surface area contributed by atoms with Gasteiger partial charge < -0.3 is 14.6 Å². The van der Waals surface area contributed by atoms with E-state index >= 15 is 0 Å². The van der Waals surface area contributed by atoms with Gasteiger partial charge in [-0.25, -0.2) is 9.18 Å². The number of carboxylic acids is 1. The summed E-state index contributed by atoms with van der Waals surface area (Å²) >= 11 is 0. The smallest absolute Gasteiger partial charge is 0.336 e. The lowest BCUT2D eigenvalue weighted by molar-refractivity contribution is -0.130. The number of carboxylic acid groups (broad SMARTS) is 1. The Balaban J connectivity index is 2.73. The Morgan fingerprint density at radius 1 is 1.17 bits per heavy atom. The molecule has 126 valence electrons. The second-order valence-corrected chi connectivity index (χ2v) is 5.03. The molecule has 0 saturated carbocycles. The molecule has 0 radical (unpaired) electrons. The van der Waals surface area contributed by atoms with Gasteiger partial charge in [0, 0.05) is 24.3 Å². The Bertz CT molecular complexity index is 738. The topological polar surface area (TPSA) is 55.8 Å². The van der Waals surface area contributed by atoms with Crippen LogP contribution in [0.1, 0.15) is 18.1 Å². The number of hydrogen-bond acceptors (Lipinski definition) is 3. The minimum atomic E-state index is -1.13. The highest BCUT2D eigenvalue weighted by Crippen LogP contribution is 2.33. The third-order valence-corrected chi connectivity index (χ3v) is 3.44. The highest BCUT2D eigenvalue weighted by atomic mass is 19.1. The van der Waals surface area contributed by atoms with Crippen molar-refractivity contribution in [3.8, 4) is 5.75 Å². The third-order valence-electron chi connectivity index (χ3n) is 3.44. The van der Waals surface area contributed by atoms with Crippen LogP contribution < -0.4 is 4.74 Å². The van der Waals surface area contributed by atoms with Crippen LogP contribution in [0.15, 0.2) is 48.5 Å². The number of methoxy groups -OCH3 is 1. The Kier molecular flexibility index (Phi) is 6.09. The number of ether oxygens (including phenoxy) is 2. The molecular formula is C19H19FO4. The zero-order valence-corrected chi connectivity index (χ0v) is 13.6. The maximum atomic E-state index is 13.5. The molecule has 4 nitrogen and oxygen atoms in total. The van der Waals surface area contributed by atoms with Gasteiger partial charge in [0.2, 0.25) is 0 Å². The molecular weight excluding hydrogens is 311 g/mol. The van der Waals surface area contributed by atoms with Crippen LogP contribution in [0.5, 0.6) is 5.75 Å². The molecule has 0 aliphatic carbocycles. The number of aliphatic carboxylic acids is 1. The highest BCUT2D eigenvalue weighted by molar-refractivity contribution is 6.24. The second kappa shape index (κ2) is 8.26. The third kappa shape index (κ3) is 4.00. The summed E-state index contributed by atoms with van der Waals surface area (Å²) in [6.07, 6.45) is 0. The van der Waals surface area contributed by atoms with Gasteiger partial charge in [-0.3, -0.25) is 0 Å². The molecule has 0 spiro atoms. The summed E-state index contributed by atoms with van der Waals surface area (Å²) in [6, 6.07) is 12.9. The summed E-state index contributed by atoms with van der Waals surface area (Å²) in [5.41, 5.74) is 1.58. The van der Waals surface area contributed by atoms with Crippen molar-refractivity contribution in [3.05, 3.63) is 65.5 Å². The van der Waals surface area contributed by atoms with Gasteiger partial charge in [-0.1, -0.05) is 30.3 Å². The van der Waals surface area contributed by atoms with Gasteiger partial charge in [-0.05, 0) is 24.6 Å². The van der Waals surface area contributed by atoms with Crippen LogP contribution in [-0.2, 0) is 9.53 Å². The summed E-state index contributed by atoms with van der Waals surface area (Å²) < 4.78 is 24.2. The first kappa shape index (κ1) is 17.7. The maximum absolute atomic E-state index is 13.5. The van der Waals surface area contributed by atoms with Crippen LogP contribution in [-0.4, -0.2) is 31.4 Å². The van der Waals surface area contributed by atoms with E-state index in [0.29, 0.717) is 17.7 Å². The van der Waals surface area contributed by atoms with Gasteiger partial charge in [-0.15, -0.1) is 0 Å². The van der Waals surface area contributed by atoms with E-state index < -0.39 is 11.8 Å². The molecule has 2 aromatic carbocycles. The monoisotopic (exact) mass is 330 g/mol. The summed E-state index contributed by atoms with van der Waals surface area (Å²) in [4.78, 5) is 12.0. The summed E-state index contributed by atoms with van der Waals surface area (Å²) in [5, 5.41) is 9.78. The Morgan fingerprint density at radius 3 is 2.46 bits per heavy atom. The van der Waals surface area contributed by atoms with Gasteiger partial charge >= 0.3 is 5.97 Å². The van der Waals surface area contributed by atoms with Crippen molar-refractivity contribution in [2.24, 2.45) is 0 Å². The van der Waals surface area contributed by atoms with Crippen molar-refractivity contribution in [1.29, 1.82) is 0 Å². The average Bonchev–Trinajstić information content (AvgIpc) is 2.57. The molecule has 2 aromatic rings. The fourth-order valence-corrected chi connectivity index (χ4v) is 2.47. The number of carbonyl (C=O) groups is 1. The molecule has 24 heavy (non-hydrogen) atoms. The minimum absolute atomic E-state index is 0.0338. The van der Waals surface area contributed by atoms with Gasteiger partial charge in [0.15, 0.2) is 0 Å². The molecule has 5 heteroatoms. The quantitative estimate of drug-likeness (QED) is 0.618. The predicted molar refractivity (Wildman–Crippen MR) is 90.3 cm³/mol. The van der Waals surface area contributed by atoms with Crippen LogP contribution in [0, 0.1) is 5.82 Å². The number of halogens is 1. The van der Waals surface area contributed by atoms with Crippen molar-refractivity contribution in [2.45, 2.75) is 6.92 Å². The summed E-state index contributed by atoms with van der Waals surface area (Å²) in [5.74, 6) is -1.42. The van der Waals surface area contributed by atoms with Crippen LogP contribution in [0.4, 0.5) is 4.39 Å². The Labute approximate surface area is 140 Å². The van der Waals surface area contributed by atoms with Gasteiger partial charge in [0.05, 0.1) is 18.8 Å². The zero-order valence-electron chi connectivity index (χ0n) is 13.6. The van der Waals surface area contributed by atoms with E-state index in [-0.39, 0.29) is 17.9 Å². The fourth-order valence-electron chi connectivity index (χ4n) is 2.47. The molecule has 2 rings (SSSR count). The van der Waals surface area contributed by atoms with E-state index in [1.54, 1.807) is 19.1 Å². The molecule has 0 heterocycles. The standard InChI is InChI=1S/C19H19FO4/c1-3-24-17-11-14(20)9-10-15(17)18(19(21)22)16(12-23-2)13-7-5-4-6-8-13/h4-11H,3,12H2,1-2H3,(H,21,22). The van der Waals surface area contributed by atoms with E-state index in [1.807, 2.05) is 18.2 Å². The lowest BCUT2D eigenvalue weighted by Gasteiger charge is -2.16. The Morgan fingerprint density at radius 2 is 1.88 bits per heavy atom. The van der Waals surface area contributed by atoms with Crippen molar-refractivity contribution < 1.29 is 23.8 Å². The van der Waals surface area contributed by atoms with Crippen LogP contribution in [0.3, 0.4) is 0 Å². The van der Waals surface area contributed by atoms with Crippen molar-refractivity contribution >= 4 is 17.1 Å². The van der Waals surface area contributed by atoms with Crippen molar-refractivity contribution in [3.63, 3.8) is 0 Å². The molecule has 1 N–H and O–H groups in total. The molecule has 0 fully saturated rings. The lowest BCUT2D eigenvalue weighted by Crippen LogP contribution is -2.09. The lowest BCUT2D eigenvalue weighted by atomic mass is 9.94. The number of rotatable bonds is 7. The SMILES string of the molecule is CCOc1cc(F)ccc1C(C(=O)O)=C(COC)c1ccccc1. The van der Waals surface area contributed by atoms with Crippen LogP contribution in [0.25, 0.3) is 11.1 Å². The number of hydrogen-bond donors (Lipinski definition) is 1. The Hall–Kier alpha value is -2.66. The molecule has 0 bridgehead atoms. The largest absolute Gasteiger partial charge is 0.493 e. The van der Waals surface area contributed by atoms with Gasteiger partial charge in [0.25, 0.3) is 0 Å². The molecule has 0 saturated heterocycles. The first-order valence-electron chi connectivity index (χ1n) is 7.52. The molecule has 0 aliphatic heterocycles. The van der Waals surface area contributed by atoms with Crippen LogP contribution in [0.2, 0.25) is 0 Å². The average molecular weight is 330 g/mol. The maximum Gasteiger partial charge on any atom is 0.336 e. The second-order valence-electron chi connectivity index (χ2n) is 5.03. The first-order valence-corrected chi connectivity index (χ1v) is 7.52. The fraction of sp³-hybridized carbons (Fsp3) is 0.211. The minimum Gasteiger partial charge on any atom is -0.493 e. The predicted octanol–water partition coefficient (Wildman–Crippen LogP) is 3.87. The van der Waals surface area contributed by atoms with E-state index in [1.165, 1.54) is 25.3 Å². The van der Waals surface area contributed by atoms with E-state index in [0.717, 1.165) is 5.56 Å². The molecule has 0 unspecified atom stereocenters. The normalized spacial score (nSPS) is 11.8. The van der Waals surface area contributed by atoms with Gasteiger partial charge in [-0.2, -0.15) is 0 Å². The first-order chi connectivity index (χ1) is 11.6. The van der Waals surface area contributed by atoms with Crippen molar-refractivity contribution in [2.75, 3.05) is 20.3 Å². The summed E-state index contributed by atoms with van der Waals surface area (Å²) in [7, 11) is 1.50. The van der Waals surface area contributed by atoms with Gasteiger partial charge in [0.1, 0.15) is 11.6 Å². The zero-order chi connectivity index (χ0) is 17.5. The molecule has 0 amide bonds. The molecule has 0 aliphatic rings. The highest BCUT2D eigenvalue weighted by Gasteiger charge is 2.22. The van der Waals surface area contributed by atoms with E-state index in [9.17, 15) is 14.3 Å². The van der Waals surface area contributed by atoms with E-state index in [2.05, 4.69) is 0 Å². The summed E-state index contributed by atoms with van der Waals surface area (Å²) in [6.45, 7) is 2.16. The van der Waals surface area contributed by atoms with Crippen LogP contribution >= 0.6 is 0 Å². The molecule has 0 atom stereocenters. The molecule has 0 aromatic heterocycles. The van der Waals surface area contributed by atoms with E-state index in [4.69, 9.17) is 9.47 Å². The van der Waals surface area contributed by atoms with Crippen molar-refractivity contribution in [1.82, 2.24) is 0 Å². The number of benzene rings is 2.